The average Bonchev–Trinajstić information content (AvgIpc) is 3.01. The molecule has 0 saturated carbocycles. The Hall–Kier alpha value is -1.46. The van der Waals surface area contributed by atoms with Crippen LogP contribution in [0.5, 0.6) is 0 Å². The van der Waals surface area contributed by atoms with Gasteiger partial charge < -0.3 is 14.1 Å². The van der Waals surface area contributed by atoms with E-state index in [1.54, 1.807) is 4.90 Å². The number of amides is 1. The van der Waals surface area contributed by atoms with Gasteiger partial charge in [-0.1, -0.05) is 59.1 Å². The lowest BCUT2D eigenvalue weighted by atomic mass is 10.0. The van der Waals surface area contributed by atoms with Crippen LogP contribution in [0.4, 0.5) is 5.69 Å². The predicted molar refractivity (Wildman–Crippen MR) is 118 cm³/mol. The lowest BCUT2D eigenvalue weighted by molar-refractivity contribution is -0.118. The minimum atomic E-state index is -1.89. The van der Waals surface area contributed by atoms with Gasteiger partial charge in [0, 0.05) is 12.1 Å². The van der Waals surface area contributed by atoms with Crippen LogP contribution in [0, 0.1) is 0 Å². The van der Waals surface area contributed by atoms with Gasteiger partial charge in [0.25, 0.3) is 0 Å². The third-order valence-corrected chi connectivity index (χ3v) is 10.8. The van der Waals surface area contributed by atoms with E-state index in [0.717, 1.165) is 24.8 Å². The molecule has 0 spiro atoms. The van der Waals surface area contributed by atoms with E-state index in [1.165, 1.54) is 18.4 Å². The first-order valence-electron chi connectivity index (χ1n) is 10.7. The maximum absolute atomic E-state index is 12.2. The Balaban J connectivity index is 2.23. The molecule has 1 saturated heterocycles. The number of aldehydes is 1. The van der Waals surface area contributed by atoms with E-state index >= 15 is 0 Å². The molecular formula is C23H37NO3Si. The minimum Gasteiger partial charge on any atom is -0.410 e. The van der Waals surface area contributed by atoms with Crippen molar-refractivity contribution in [3.05, 3.63) is 29.8 Å². The fourth-order valence-corrected chi connectivity index (χ4v) is 4.74. The van der Waals surface area contributed by atoms with Crippen LogP contribution in [0.2, 0.25) is 18.1 Å². The summed E-state index contributed by atoms with van der Waals surface area (Å²) in [5.74, 6) is 0.0295. The summed E-state index contributed by atoms with van der Waals surface area (Å²) in [7, 11) is -1.89. The monoisotopic (exact) mass is 403 g/mol. The van der Waals surface area contributed by atoms with Crippen molar-refractivity contribution >= 4 is 26.2 Å². The fourth-order valence-electron chi connectivity index (χ4n) is 3.43. The second-order valence-corrected chi connectivity index (χ2v) is 14.2. The number of nitrogens with zero attached hydrogens (tertiary/aromatic N) is 1. The van der Waals surface area contributed by atoms with Crippen LogP contribution in [0.3, 0.4) is 0 Å². The molecule has 156 valence electrons. The van der Waals surface area contributed by atoms with Gasteiger partial charge in [0.15, 0.2) is 8.32 Å². The zero-order valence-electron chi connectivity index (χ0n) is 18.5. The van der Waals surface area contributed by atoms with Crippen LogP contribution >= 0.6 is 0 Å². The van der Waals surface area contributed by atoms with Crippen LogP contribution in [0.15, 0.2) is 24.3 Å². The number of unbranched alkanes of at least 4 members (excludes halogenated alkanes) is 2. The van der Waals surface area contributed by atoms with Crippen molar-refractivity contribution in [1.29, 1.82) is 0 Å². The molecule has 0 radical (unpaired) electrons. The molecule has 1 fully saturated rings. The quantitative estimate of drug-likeness (QED) is 0.287. The van der Waals surface area contributed by atoms with E-state index < -0.39 is 8.32 Å². The van der Waals surface area contributed by atoms with Gasteiger partial charge >= 0.3 is 0 Å². The third-order valence-electron chi connectivity index (χ3n) is 6.27. The number of rotatable bonds is 9. The normalized spacial score (nSPS) is 19.1. The van der Waals surface area contributed by atoms with Gasteiger partial charge in [0.2, 0.25) is 5.91 Å². The zero-order chi connectivity index (χ0) is 20.9. The molecule has 0 aromatic heterocycles. The van der Waals surface area contributed by atoms with Crippen molar-refractivity contribution in [3.8, 4) is 0 Å². The van der Waals surface area contributed by atoms with E-state index in [0.29, 0.717) is 12.8 Å². The average molecular weight is 404 g/mol. The summed E-state index contributed by atoms with van der Waals surface area (Å²) in [5, 5.41) is 0.162. The van der Waals surface area contributed by atoms with Gasteiger partial charge in [0.05, 0.1) is 12.1 Å². The van der Waals surface area contributed by atoms with Crippen molar-refractivity contribution in [2.75, 3.05) is 4.90 Å². The smallest absolute Gasteiger partial charge is 0.227 e. The molecule has 2 atom stereocenters. The molecule has 0 aliphatic carbocycles. The number of hydrogen-bond acceptors (Lipinski definition) is 3. The summed E-state index contributed by atoms with van der Waals surface area (Å²) in [6.07, 6.45) is 6.57. The summed E-state index contributed by atoms with van der Waals surface area (Å²) in [5.41, 5.74) is 1.97. The summed E-state index contributed by atoms with van der Waals surface area (Å²) < 4.78 is 6.77. The molecule has 1 unspecified atom stereocenters. The second kappa shape index (κ2) is 9.36. The fraction of sp³-hybridized carbons (Fsp3) is 0.652. The highest BCUT2D eigenvalue weighted by Gasteiger charge is 2.39. The van der Waals surface area contributed by atoms with Crippen molar-refractivity contribution in [1.82, 2.24) is 0 Å². The number of hydrogen-bond donors (Lipinski definition) is 0. The van der Waals surface area contributed by atoms with Crippen molar-refractivity contribution in [3.63, 3.8) is 0 Å². The van der Waals surface area contributed by atoms with Gasteiger partial charge in [0.1, 0.15) is 6.29 Å². The molecule has 0 N–H and O–H groups in total. The van der Waals surface area contributed by atoms with E-state index in [9.17, 15) is 9.59 Å². The van der Waals surface area contributed by atoms with Crippen LogP contribution in [0.25, 0.3) is 0 Å². The molecular weight excluding hydrogens is 366 g/mol. The topological polar surface area (TPSA) is 46.6 Å². The Labute approximate surface area is 171 Å². The minimum absolute atomic E-state index is 0.0295. The first-order valence-corrected chi connectivity index (χ1v) is 13.6. The molecule has 0 bridgehead atoms. The number of carbonyl (C=O) groups is 2. The van der Waals surface area contributed by atoms with Gasteiger partial charge in [-0.25, -0.2) is 0 Å². The van der Waals surface area contributed by atoms with E-state index in [-0.39, 0.29) is 23.1 Å². The highest BCUT2D eigenvalue weighted by atomic mass is 28.4. The molecule has 4 nitrogen and oxygen atoms in total. The Morgan fingerprint density at radius 2 is 1.86 bits per heavy atom. The largest absolute Gasteiger partial charge is 0.410 e. The molecule has 1 amide bonds. The van der Waals surface area contributed by atoms with E-state index in [1.807, 2.05) is 12.1 Å². The molecule has 1 aliphatic rings. The van der Waals surface area contributed by atoms with E-state index in [2.05, 4.69) is 52.9 Å². The lowest BCUT2D eigenvalue weighted by Crippen LogP contribution is -2.41. The molecule has 5 heteroatoms. The van der Waals surface area contributed by atoms with Crippen molar-refractivity contribution < 1.29 is 14.0 Å². The Kier molecular flexibility index (Phi) is 7.63. The van der Waals surface area contributed by atoms with Gasteiger partial charge in [-0.05, 0) is 48.7 Å². The van der Waals surface area contributed by atoms with E-state index in [4.69, 9.17) is 4.43 Å². The van der Waals surface area contributed by atoms with Crippen LogP contribution in [0.1, 0.15) is 77.9 Å². The Bertz CT molecular complexity index is 663. The highest BCUT2D eigenvalue weighted by Crippen LogP contribution is 2.41. The van der Waals surface area contributed by atoms with Crippen molar-refractivity contribution in [2.24, 2.45) is 0 Å². The SMILES string of the molecule is CCCCCC(O[Si](C)(C)C(C)(C)C)c1ccc(N2C(=O)CC[C@@H]2C=O)cc1. The Morgan fingerprint density at radius 1 is 1.21 bits per heavy atom. The maximum Gasteiger partial charge on any atom is 0.227 e. The second-order valence-electron chi connectivity index (χ2n) is 9.46. The van der Waals surface area contributed by atoms with Gasteiger partial charge in [-0.3, -0.25) is 4.79 Å². The summed E-state index contributed by atoms with van der Waals surface area (Å²) in [6.45, 7) is 13.6. The first kappa shape index (κ1) is 22.8. The Morgan fingerprint density at radius 3 is 2.39 bits per heavy atom. The molecule has 1 aromatic rings. The summed E-state index contributed by atoms with van der Waals surface area (Å²) in [4.78, 5) is 25.1. The standard InChI is InChI=1S/C23H37NO3Si/c1-7-8-9-10-21(27-28(5,6)23(2,3)4)18-11-13-19(14-12-18)24-20(17-25)15-16-22(24)26/h11-14,17,20-21H,7-10,15-16H2,1-6H3/t20-,21?/m1/s1. The lowest BCUT2D eigenvalue weighted by Gasteiger charge is -2.39. The molecule has 2 rings (SSSR count). The molecule has 1 aliphatic heterocycles. The number of carbonyl (C=O) groups excluding carboxylic acids is 2. The van der Waals surface area contributed by atoms with Crippen molar-refractivity contribution in [2.45, 2.75) is 96.5 Å². The zero-order valence-corrected chi connectivity index (χ0v) is 19.5. The summed E-state index contributed by atoms with van der Waals surface area (Å²) >= 11 is 0. The third kappa shape index (κ3) is 5.32. The maximum atomic E-state index is 12.2. The van der Waals surface area contributed by atoms with Gasteiger partial charge in [-0.15, -0.1) is 0 Å². The highest BCUT2D eigenvalue weighted by molar-refractivity contribution is 6.74. The predicted octanol–water partition coefficient (Wildman–Crippen LogP) is 6.02. The number of benzene rings is 1. The van der Waals surface area contributed by atoms with Crippen LogP contribution in [-0.2, 0) is 14.0 Å². The van der Waals surface area contributed by atoms with Crippen LogP contribution in [-0.4, -0.2) is 26.6 Å². The molecule has 1 heterocycles. The number of anilines is 1. The summed E-state index contributed by atoms with van der Waals surface area (Å²) in [6, 6.07) is 7.76. The van der Waals surface area contributed by atoms with Gasteiger partial charge in [-0.2, -0.15) is 0 Å². The first-order chi connectivity index (χ1) is 13.1. The molecule has 1 aromatic carbocycles. The van der Waals surface area contributed by atoms with Crippen LogP contribution < -0.4 is 4.90 Å². The molecule has 28 heavy (non-hydrogen) atoms.